The molecule has 0 spiro atoms. The molecule has 0 aromatic heterocycles. The van der Waals surface area contributed by atoms with Gasteiger partial charge in [0.2, 0.25) is 0 Å². The normalized spacial score (nSPS) is 26.3. The molecule has 58 valence electrons. The van der Waals surface area contributed by atoms with Crippen molar-refractivity contribution in [3.05, 3.63) is 12.2 Å². The summed E-state index contributed by atoms with van der Waals surface area (Å²) in [6.07, 6.45) is 7.42. The first-order valence-corrected chi connectivity index (χ1v) is 3.82. The monoisotopic (exact) mass is 142 g/mol. The van der Waals surface area contributed by atoms with E-state index in [0.717, 1.165) is 19.4 Å². The zero-order valence-corrected chi connectivity index (χ0v) is 6.12. The second-order valence-corrected chi connectivity index (χ2v) is 2.49. The lowest BCUT2D eigenvalue weighted by atomic mass is 10.2. The first-order valence-electron chi connectivity index (χ1n) is 3.82. The standard InChI is InChI=1S/C8H14O2/c9-6-2-1-4-8-5-3-7-10-8/h1,4,8-9H,2-3,5-7H2/b4-1+. The Balaban J connectivity index is 2.10. The van der Waals surface area contributed by atoms with Crippen molar-refractivity contribution in [3.63, 3.8) is 0 Å². The predicted octanol–water partition coefficient (Wildman–Crippen LogP) is 1.10. The minimum atomic E-state index is 0.239. The molecule has 0 aromatic rings. The SMILES string of the molecule is OCC/C=C/C1CCCO1. The Labute approximate surface area is 61.5 Å². The molecular formula is C8H14O2. The van der Waals surface area contributed by atoms with E-state index < -0.39 is 0 Å². The third-order valence-corrected chi connectivity index (χ3v) is 1.61. The number of aliphatic hydroxyl groups is 1. The van der Waals surface area contributed by atoms with Gasteiger partial charge >= 0.3 is 0 Å². The molecule has 0 saturated carbocycles. The Kier molecular flexibility index (Phi) is 3.47. The van der Waals surface area contributed by atoms with Crippen LogP contribution in [-0.4, -0.2) is 24.4 Å². The van der Waals surface area contributed by atoms with Crippen LogP contribution in [0.25, 0.3) is 0 Å². The third-order valence-electron chi connectivity index (χ3n) is 1.61. The second kappa shape index (κ2) is 4.47. The van der Waals surface area contributed by atoms with Gasteiger partial charge in [-0.2, -0.15) is 0 Å². The van der Waals surface area contributed by atoms with Crippen molar-refractivity contribution < 1.29 is 9.84 Å². The highest BCUT2D eigenvalue weighted by atomic mass is 16.5. The maximum atomic E-state index is 8.45. The summed E-state index contributed by atoms with van der Waals surface area (Å²) in [7, 11) is 0. The van der Waals surface area contributed by atoms with Crippen molar-refractivity contribution in [1.82, 2.24) is 0 Å². The molecule has 0 amide bonds. The van der Waals surface area contributed by atoms with Crippen LogP contribution < -0.4 is 0 Å². The number of hydrogen-bond acceptors (Lipinski definition) is 2. The Morgan fingerprint density at radius 3 is 3.10 bits per heavy atom. The quantitative estimate of drug-likeness (QED) is 0.598. The molecule has 1 fully saturated rings. The van der Waals surface area contributed by atoms with Crippen molar-refractivity contribution >= 4 is 0 Å². The van der Waals surface area contributed by atoms with Crippen LogP contribution in [0.5, 0.6) is 0 Å². The third kappa shape index (κ3) is 2.50. The van der Waals surface area contributed by atoms with E-state index in [1.165, 1.54) is 6.42 Å². The first-order chi connectivity index (χ1) is 4.93. The summed E-state index contributed by atoms with van der Waals surface area (Å²) in [6, 6.07) is 0. The topological polar surface area (TPSA) is 29.5 Å². The number of hydrogen-bond donors (Lipinski definition) is 1. The molecule has 1 aliphatic rings. The molecule has 1 saturated heterocycles. The maximum absolute atomic E-state index is 8.45. The molecule has 2 heteroatoms. The van der Waals surface area contributed by atoms with Crippen LogP contribution in [0.1, 0.15) is 19.3 Å². The van der Waals surface area contributed by atoms with Gasteiger partial charge in [-0.15, -0.1) is 0 Å². The Morgan fingerprint density at radius 1 is 1.60 bits per heavy atom. The lowest BCUT2D eigenvalue weighted by Gasteiger charge is -1.99. The van der Waals surface area contributed by atoms with Crippen molar-refractivity contribution in [3.8, 4) is 0 Å². The number of rotatable bonds is 3. The Morgan fingerprint density at radius 2 is 2.50 bits per heavy atom. The summed E-state index contributed by atoms with van der Waals surface area (Å²) in [5.41, 5.74) is 0. The average Bonchev–Trinajstić information content (AvgIpc) is 2.41. The van der Waals surface area contributed by atoms with Gasteiger partial charge in [0.05, 0.1) is 6.10 Å². The van der Waals surface area contributed by atoms with Crippen LogP contribution in [0.3, 0.4) is 0 Å². The van der Waals surface area contributed by atoms with E-state index in [4.69, 9.17) is 9.84 Å². The molecule has 0 bridgehead atoms. The first kappa shape index (κ1) is 7.76. The van der Waals surface area contributed by atoms with E-state index in [1.807, 2.05) is 12.2 Å². The van der Waals surface area contributed by atoms with Gasteiger partial charge in [0.1, 0.15) is 0 Å². The molecule has 0 aromatic carbocycles. The summed E-state index contributed by atoms with van der Waals surface area (Å²) in [5, 5.41) is 8.45. The second-order valence-electron chi connectivity index (χ2n) is 2.49. The largest absolute Gasteiger partial charge is 0.396 e. The van der Waals surface area contributed by atoms with E-state index in [0.29, 0.717) is 6.10 Å². The molecule has 2 nitrogen and oxygen atoms in total. The molecular weight excluding hydrogens is 128 g/mol. The van der Waals surface area contributed by atoms with Gasteiger partial charge in [-0.1, -0.05) is 12.2 Å². The summed E-state index contributed by atoms with van der Waals surface area (Å²) in [4.78, 5) is 0. The van der Waals surface area contributed by atoms with Crippen LogP contribution in [0, 0.1) is 0 Å². The smallest absolute Gasteiger partial charge is 0.0756 e. The lowest BCUT2D eigenvalue weighted by Crippen LogP contribution is -1.98. The molecule has 1 N–H and O–H groups in total. The van der Waals surface area contributed by atoms with Gasteiger partial charge in [-0.3, -0.25) is 0 Å². The number of aliphatic hydroxyl groups excluding tert-OH is 1. The summed E-state index contributed by atoms with van der Waals surface area (Å²) in [5.74, 6) is 0. The van der Waals surface area contributed by atoms with Gasteiger partial charge in [-0.25, -0.2) is 0 Å². The van der Waals surface area contributed by atoms with Gasteiger partial charge in [-0.05, 0) is 19.3 Å². The van der Waals surface area contributed by atoms with Gasteiger partial charge in [0.25, 0.3) is 0 Å². The lowest BCUT2D eigenvalue weighted by molar-refractivity contribution is 0.145. The maximum Gasteiger partial charge on any atom is 0.0756 e. The fraction of sp³-hybridized carbons (Fsp3) is 0.750. The van der Waals surface area contributed by atoms with E-state index >= 15 is 0 Å². The van der Waals surface area contributed by atoms with Crippen molar-refractivity contribution in [2.24, 2.45) is 0 Å². The Hall–Kier alpha value is -0.340. The van der Waals surface area contributed by atoms with Crippen molar-refractivity contribution in [2.75, 3.05) is 13.2 Å². The zero-order chi connectivity index (χ0) is 7.23. The van der Waals surface area contributed by atoms with Gasteiger partial charge in [0.15, 0.2) is 0 Å². The van der Waals surface area contributed by atoms with Crippen LogP contribution in [0.15, 0.2) is 12.2 Å². The van der Waals surface area contributed by atoms with Crippen molar-refractivity contribution in [2.45, 2.75) is 25.4 Å². The van der Waals surface area contributed by atoms with Crippen LogP contribution in [0.2, 0.25) is 0 Å². The van der Waals surface area contributed by atoms with E-state index in [-0.39, 0.29) is 6.61 Å². The van der Waals surface area contributed by atoms with Crippen LogP contribution in [-0.2, 0) is 4.74 Å². The highest BCUT2D eigenvalue weighted by Crippen LogP contribution is 2.12. The summed E-state index contributed by atoms with van der Waals surface area (Å²) < 4.78 is 5.33. The molecule has 10 heavy (non-hydrogen) atoms. The molecule has 1 unspecified atom stereocenters. The summed E-state index contributed by atoms with van der Waals surface area (Å²) >= 11 is 0. The predicted molar refractivity (Wildman–Crippen MR) is 39.8 cm³/mol. The number of ether oxygens (including phenoxy) is 1. The fourth-order valence-electron chi connectivity index (χ4n) is 1.08. The van der Waals surface area contributed by atoms with Crippen molar-refractivity contribution in [1.29, 1.82) is 0 Å². The van der Waals surface area contributed by atoms with Crippen LogP contribution in [0.4, 0.5) is 0 Å². The molecule has 0 radical (unpaired) electrons. The summed E-state index contributed by atoms with van der Waals surface area (Å²) in [6.45, 7) is 1.14. The fourth-order valence-corrected chi connectivity index (χ4v) is 1.08. The van der Waals surface area contributed by atoms with E-state index in [2.05, 4.69) is 0 Å². The Bertz CT molecular complexity index is 104. The van der Waals surface area contributed by atoms with Gasteiger partial charge < -0.3 is 9.84 Å². The molecule has 1 heterocycles. The van der Waals surface area contributed by atoms with Crippen LogP contribution >= 0.6 is 0 Å². The van der Waals surface area contributed by atoms with E-state index in [1.54, 1.807) is 0 Å². The van der Waals surface area contributed by atoms with Gasteiger partial charge in [0, 0.05) is 13.2 Å². The molecule has 0 aliphatic carbocycles. The van der Waals surface area contributed by atoms with E-state index in [9.17, 15) is 0 Å². The highest BCUT2D eigenvalue weighted by Gasteiger charge is 2.10. The molecule has 1 atom stereocenters. The zero-order valence-electron chi connectivity index (χ0n) is 6.12. The average molecular weight is 142 g/mol. The minimum absolute atomic E-state index is 0.239. The highest BCUT2D eigenvalue weighted by molar-refractivity contribution is 4.91. The minimum Gasteiger partial charge on any atom is -0.396 e. The molecule has 1 aliphatic heterocycles. The molecule has 1 rings (SSSR count).